The van der Waals surface area contributed by atoms with Crippen molar-refractivity contribution in [1.82, 2.24) is 5.43 Å². The van der Waals surface area contributed by atoms with E-state index in [1.807, 2.05) is 31.2 Å². The molecule has 8 heteroatoms. The molecule has 0 spiro atoms. The molecule has 3 rings (SSSR count). The van der Waals surface area contributed by atoms with E-state index in [0.717, 1.165) is 17.2 Å². The summed E-state index contributed by atoms with van der Waals surface area (Å²) in [6.07, 6.45) is 1.34. The van der Waals surface area contributed by atoms with Crippen molar-refractivity contribution in [2.45, 2.75) is 13.5 Å². The maximum atomic E-state index is 13.9. The summed E-state index contributed by atoms with van der Waals surface area (Å²) >= 11 is 6.36. The molecule has 0 bridgehead atoms. The van der Waals surface area contributed by atoms with Crippen molar-refractivity contribution in [3.8, 4) is 17.6 Å². The smallest absolute Gasteiger partial charge is 0.274 e. The van der Waals surface area contributed by atoms with E-state index >= 15 is 0 Å². The predicted octanol–water partition coefficient (Wildman–Crippen LogP) is 5.01. The number of hydrogen-bond donors (Lipinski definition) is 1. The first-order valence-electron chi connectivity index (χ1n) is 9.50. The molecular formula is C24H19ClFN3O3. The van der Waals surface area contributed by atoms with E-state index < -0.39 is 11.7 Å². The van der Waals surface area contributed by atoms with Crippen LogP contribution >= 0.6 is 11.6 Å². The monoisotopic (exact) mass is 451 g/mol. The number of ether oxygens (including phenoxy) is 2. The summed E-state index contributed by atoms with van der Waals surface area (Å²) in [5.74, 6) is -0.776. The Balaban J connectivity index is 1.69. The van der Waals surface area contributed by atoms with Crippen LogP contribution in [0.1, 0.15) is 32.6 Å². The van der Waals surface area contributed by atoms with Crippen LogP contribution in [0.2, 0.25) is 5.02 Å². The number of nitriles is 1. The Kier molecular flexibility index (Phi) is 7.42. The van der Waals surface area contributed by atoms with E-state index in [4.69, 9.17) is 26.3 Å². The molecular weight excluding hydrogens is 433 g/mol. The number of rotatable bonds is 7. The molecule has 0 saturated heterocycles. The summed E-state index contributed by atoms with van der Waals surface area (Å²) in [5.41, 5.74) is 4.81. The van der Waals surface area contributed by atoms with Gasteiger partial charge in [0.2, 0.25) is 0 Å². The van der Waals surface area contributed by atoms with E-state index in [1.54, 1.807) is 18.2 Å². The summed E-state index contributed by atoms with van der Waals surface area (Å²) < 4.78 is 25.1. The molecule has 6 nitrogen and oxygen atoms in total. The van der Waals surface area contributed by atoms with Gasteiger partial charge in [-0.1, -0.05) is 41.4 Å². The second-order valence-corrected chi connectivity index (χ2v) is 7.22. The lowest BCUT2D eigenvalue weighted by Gasteiger charge is -2.13. The predicted molar refractivity (Wildman–Crippen MR) is 120 cm³/mol. The summed E-state index contributed by atoms with van der Waals surface area (Å²) in [4.78, 5) is 12.1. The van der Waals surface area contributed by atoms with Gasteiger partial charge in [-0.3, -0.25) is 4.79 Å². The normalized spacial score (nSPS) is 10.6. The van der Waals surface area contributed by atoms with Crippen LogP contribution in [0, 0.1) is 24.1 Å². The molecule has 0 aromatic heterocycles. The molecule has 162 valence electrons. The number of nitrogens with one attached hydrogen (secondary N) is 1. The molecule has 0 saturated carbocycles. The summed E-state index contributed by atoms with van der Waals surface area (Å²) in [6.45, 7) is 2.32. The average molecular weight is 452 g/mol. The number of carbonyl (C=O) groups excluding carboxylic acids is 1. The molecule has 3 aromatic rings. The second-order valence-electron chi connectivity index (χ2n) is 6.81. The number of hydrogen-bond acceptors (Lipinski definition) is 5. The van der Waals surface area contributed by atoms with Gasteiger partial charge >= 0.3 is 0 Å². The molecule has 0 atom stereocenters. The number of halogens is 2. The topological polar surface area (TPSA) is 83.7 Å². The van der Waals surface area contributed by atoms with Crippen LogP contribution in [0.4, 0.5) is 4.39 Å². The second kappa shape index (κ2) is 10.4. The Bertz CT molecular complexity index is 1200. The van der Waals surface area contributed by atoms with Gasteiger partial charge < -0.3 is 9.47 Å². The van der Waals surface area contributed by atoms with E-state index in [2.05, 4.69) is 10.5 Å². The SMILES string of the molecule is COc1cc(/C=N\NC(=O)c2ccc(C#N)cc2F)cc(Cl)c1OCc1ccc(C)cc1. The fraction of sp³-hybridized carbons (Fsp3) is 0.125. The van der Waals surface area contributed by atoms with Gasteiger partial charge in [0, 0.05) is 0 Å². The number of benzene rings is 3. The largest absolute Gasteiger partial charge is 0.493 e. The Morgan fingerprint density at radius 2 is 1.97 bits per heavy atom. The van der Waals surface area contributed by atoms with Crippen LogP contribution < -0.4 is 14.9 Å². The number of hydrazone groups is 1. The van der Waals surface area contributed by atoms with Crippen LogP contribution in [0.15, 0.2) is 59.7 Å². The van der Waals surface area contributed by atoms with Crippen molar-refractivity contribution in [2.24, 2.45) is 5.10 Å². The molecule has 1 N–H and O–H groups in total. The van der Waals surface area contributed by atoms with Crippen molar-refractivity contribution < 1.29 is 18.7 Å². The molecule has 0 heterocycles. The van der Waals surface area contributed by atoms with E-state index in [-0.39, 0.29) is 11.1 Å². The Morgan fingerprint density at radius 1 is 1.22 bits per heavy atom. The van der Waals surface area contributed by atoms with Gasteiger partial charge in [0.1, 0.15) is 12.4 Å². The zero-order valence-corrected chi connectivity index (χ0v) is 18.1. The van der Waals surface area contributed by atoms with E-state index in [0.29, 0.717) is 28.7 Å². The van der Waals surface area contributed by atoms with Crippen molar-refractivity contribution in [3.63, 3.8) is 0 Å². The number of aryl methyl sites for hydroxylation is 1. The standard InChI is InChI=1S/C24H19ClFN3O3/c1-15-3-5-16(6-4-15)14-32-23-20(25)9-18(11-22(23)31-2)13-28-29-24(30)19-8-7-17(12-27)10-21(19)26/h3-11,13H,14H2,1-2H3,(H,29,30)/b28-13-. The van der Waals surface area contributed by atoms with Crippen LogP contribution in [-0.2, 0) is 6.61 Å². The van der Waals surface area contributed by atoms with Gasteiger partial charge in [0.05, 0.1) is 35.5 Å². The van der Waals surface area contributed by atoms with E-state index in [9.17, 15) is 9.18 Å². The zero-order valence-electron chi connectivity index (χ0n) is 17.4. The Morgan fingerprint density at radius 3 is 2.62 bits per heavy atom. The molecule has 0 fully saturated rings. The highest BCUT2D eigenvalue weighted by atomic mass is 35.5. The van der Waals surface area contributed by atoms with Crippen molar-refractivity contribution in [2.75, 3.05) is 7.11 Å². The lowest BCUT2D eigenvalue weighted by Crippen LogP contribution is -2.19. The highest BCUT2D eigenvalue weighted by Crippen LogP contribution is 2.36. The maximum Gasteiger partial charge on any atom is 0.274 e. The molecule has 3 aromatic carbocycles. The number of nitrogens with zero attached hydrogens (tertiary/aromatic N) is 2. The fourth-order valence-electron chi connectivity index (χ4n) is 2.79. The van der Waals surface area contributed by atoms with Gasteiger partial charge in [-0.2, -0.15) is 10.4 Å². The maximum absolute atomic E-state index is 13.9. The van der Waals surface area contributed by atoms with Crippen LogP contribution in [0.3, 0.4) is 0 Å². The van der Waals surface area contributed by atoms with Crippen LogP contribution in [-0.4, -0.2) is 19.2 Å². The Labute approximate surface area is 189 Å². The molecule has 1 amide bonds. The van der Waals surface area contributed by atoms with E-state index in [1.165, 1.54) is 25.5 Å². The molecule has 0 aliphatic carbocycles. The highest BCUT2D eigenvalue weighted by molar-refractivity contribution is 6.32. The fourth-order valence-corrected chi connectivity index (χ4v) is 3.06. The summed E-state index contributed by atoms with van der Waals surface area (Å²) in [6, 6.07) is 16.5. The first-order chi connectivity index (χ1) is 15.4. The van der Waals surface area contributed by atoms with Crippen molar-refractivity contribution in [3.05, 3.63) is 93.3 Å². The highest BCUT2D eigenvalue weighted by Gasteiger charge is 2.13. The summed E-state index contributed by atoms with van der Waals surface area (Å²) in [5, 5.41) is 12.9. The minimum absolute atomic E-state index is 0.119. The molecule has 0 radical (unpaired) electrons. The van der Waals surface area contributed by atoms with Crippen molar-refractivity contribution in [1.29, 1.82) is 5.26 Å². The summed E-state index contributed by atoms with van der Waals surface area (Å²) in [7, 11) is 1.49. The lowest BCUT2D eigenvalue weighted by atomic mass is 10.1. The number of methoxy groups -OCH3 is 1. The number of carbonyl (C=O) groups is 1. The lowest BCUT2D eigenvalue weighted by molar-refractivity contribution is 0.0951. The van der Waals surface area contributed by atoms with Gasteiger partial charge in [-0.05, 0) is 48.4 Å². The average Bonchev–Trinajstić information content (AvgIpc) is 2.78. The third-order valence-corrected chi connectivity index (χ3v) is 4.76. The van der Waals surface area contributed by atoms with Gasteiger partial charge in [0.25, 0.3) is 5.91 Å². The molecule has 0 aliphatic rings. The molecule has 32 heavy (non-hydrogen) atoms. The number of amides is 1. The molecule has 0 unspecified atom stereocenters. The van der Waals surface area contributed by atoms with Gasteiger partial charge in [0.15, 0.2) is 11.5 Å². The minimum atomic E-state index is -0.809. The molecule has 0 aliphatic heterocycles. The third kappa shape index (κ3) is 5.62. The zero-order chi connectivity index (χ0) is 23.1. The third-order valence-electron chi connectivity index (χ3n) is 4.48. The van der Waals surface area contributed by atoms with Crippen molar-refractivity contribution >= 4 is 23.7 Å². The first kappa shape index (κ1) is 22.8. The first-order valence-corrected chi connectivity index (χ1v) is 9.88. The minimum Gasteiger partial charge on any atom is -0.493 e. The Hall–Kier alpha value is -3.89. The van der Waals surface area contributed by atoms with Gasteiger partial charge in [-0.15, -0.1) is 0 Å². The van der Waals surface area contributed by atoms with Gasteiger partial charge in [-0.25, -0.2) is 9.82 Å². The van der Waals surface area contributed by atoms with Crippen LogP contribution in [0.25, 0.3) is 0 Å². The quantitative estimate of drug-likeness (QED) is 0.404. The van der Waals surface area contributed by atoms with Crippen LogP contribution in [0.5, 0.6) is 11.5 Å².